The Hall–Kier alpha value is -1.67. The van der Waals surface area contributed by atoms with E-state index in [1.807, 2.05) is 12.1 Å². The first-order chi connectivity index (χ1) is 9.13. The van der Waals surface area contributed by atoms with Crippen molar-refractivity contribution >= 4 is 32.7 Å². The fourth-order valence-electron chi connectivity index (χ4n) is 2.05. The summed E-state index contributed by atoms with van der Waals surface area (Å²) in [5, 5.41) is 8.78. The summed E-state index contributed by atoms with van der Waals surface area (Å²) < 4.78 is 0.915. The molecule has 4 nitrogen and oxygen atoms in total. The van der Waals surface area contributed by atoms with E-state index in [0.29, 0.717) is 19.0 Å². The van der Waals surface area contributed by atoms with E-state index in [2.05, 4.69) is 50.7 Å². The Labute approximate surface area is 121 Å². The molecule has 2 aromatic rings. The molecule has 0 N–H and O–H groups in total. The lowest BCUT2D eigenvalue weighted by atomic mass is 10.2. The Balaban J connectivity index is 2.50. The molecule has 98 valence electrons. The summed E-state index contributed by atoms with van der Waals surface area (Å²) in [7, 11) is 0. The van der Waals surface area contributed by atoms with Gasteiger partial charge in [0.2, 0.25) is 0 Å². The summed E-state index contributed by atoms with van der Waals surface area (Å²) in [4.78, 5) is 11.0. The van der Waals surface area contributed by atoms with Crippen molar-refractivity contribution in [2.75, 3.05) is 11.4 Å². The molecule has 0 saturated heterocycles. The molecule has 0 aliphatic rings. The zero-order chi connectivity index (χ0) is 13.8. The molecular formula is C14H15BrN4. The van der Waals surface area contributed by atoms with Crippen LogP contribution in [-0.4, -0.2) is 22.6 Å². The van der Waals surface area contributed by atoms with E-state index < -0.39 is 0 Å². The number of pyridine rings is 2. The lowest BCUT2D eigenvalue weighted by Crippen LogP contribution is -2.31. The molecule has 0 unspecified atom stereocenters. The minimum absolute atomic E-state index is 0.310. The smallest absolute Gasteiger partial charge is 0.112 e. The molecule has 0 fully saturated rings. The minimum Gasteiger partial charge on any atom is -0.366 e. The van der Waals surface area contributed by atoms with E-state index in [1.54, 1.807) is 12.4 Å². The van der Waals surface area contributed by atoms with Crippen molar-refractivity contribution in [3.63, 3.8) is 0 Å². The number of nitrogens with zero attached hydrogens (tertiary/aromatic N) is 4. The van der Waals surface area contributed by atoms with Gasteiger partial charge in [0.1, 0.15) is 5.52 Å². The summed E-state index contributed by atoms with van der Waals surface area (Å²) in [6, 6.07) is 6.42. The summed E-state index contributed by atoms with van der Waals surface area (Å²) in [5.74, 6) is 0. The Kier molecular flexibility index (Phi) is 4.33. The Bertz CT molecular complexity index is 618. The molecule has 0 amide bonds. The second-order valence-corrected chi connectivity index (χ2v) is 5.46. The Morgan fingerprint density at radius 2 is 2.21 bits per heavy atom. The van der Waals surface area contributed by atoms with Crippen LogP contribution in [0.5, 0.6) is 0 Å². The average molecular weight is 319 g/mol. The number of halogens is 1. The van der Waals surface area contributed by atoms with Crippen molar-refractivity contribution < 1.29 is 0 Å². The van der Waals surface area contributed by atoms with Crippen molar-refractivity contribution in [3.8, 4) is 6.07 Å². The fraction of sp³-hybridized carbons (Fsp3) is 0.357. The third kappa shape index (κ3) is 3.02. The first-order valence-corrected chi connectivity index (χ1v) is 6.96. The van der Waals surface area contributed by atoms with Crippen molar-refractivity contribution in [3.05, 3.63) is 29.0 Å². The van der Waals surface area contributed by atoms with Crippen LogP contribution in [0.1, 0.15) is 20.3 Å². The van der Waals surface area contributed by atoms with Crippen LogP contribution in [0, 0.1) is 11.3 Å². The second kappa shape index (κ2) is 5.98. The molecular weight excluding hydrogens is 304 g/mol. The molecule has 0 spiro atoms. The maximum atomic E-state index is 8.78. The van der Waals surface area contributed by atoms with Gasteiger partial charge in [0.05, 0.1) is 23.7 Å². The third-order valence-electron chi connectivity index (χ3n) is 2.92. The zero-order valence-electron chi connectivity index (χ0n) is 11.0. The van der Waals surface area contributed by atoms with Crippen LogP contribution in [0.25, 0.3) is 11.0 Å². The van der Waals surface area contributed by atoms with Crippen LogP contribution in [0.15, 0.2) is 29.0 Å². The number of hydrogen-bond acceptors (Lipinski definition) is 4. The standard InChI is InChI=1S/C14H15BrN4/c1-10(2)19(7-3-5-16)13-4-6-17-12-8-11(15)9-18-14(12)13/h4,6,8-10H,3,7H2,1-2H3. The van der Waals surface area contributed by atoms with Gasteiger partial charge in [0.15, 0.2) is 0 Å². The van der Waals surface area contributed by atoms with E-state index >= 15 is 0 Å². The predicted octanol–water partition coefficient (Wildman–Crippen LogP) is 3.52. The van der Waals surface area contributed by atoms with Gasteiger partial charge in [-0.15, -0.1) is 0 Å². The highest BCUT2D eigenvalue weighted by Crippen LogP contribution is 2.26. The van der Waals surface area contributed by atoms with Gasteiger partial charge in [0.25, 0.3) is 0 Å². The van der Waals surface area contributed by atoms with E-state index in [-0.39, 0.29) is 0 Å². The fourth-order valence-corrected chi connectivity index (χ4v) is 2.37. The highest BCUT2D eigenvalue weighted by Gasteiger charge is 2.14. The van der Waals surface area contributed by atoms with Crippen LogP contribution in [0.4, 0.5) is 5.69 Å². The van der Waals surface area contributed by atoms with Crippen molar-refractivity contribution in [1.82, 2.24) is 9.97 Å². The van der Waals surface area contributed by atoms with Crippen molar-refractivity contribution in [2.24, 2.45) is 0 Å². The maximum Gasteiger partial charge on any atom is 0.112 e. The van der Waals surface area contributed by atoms with Gasteiger partial charge >= 0.3 is 0 Å². The Morgan fingerprint density at radius 3 is 2.89 bits per heavy atom. The topological polar surface area (TPSA) is 52.8 Å². The quantitative estimate of drug-likeness (QED) is 0.865. The molecule has 0 saturated carbocycles. The normalized spacial score (nSPS) is 10.7. The second-order valence-electron chi connectivity index (χ2n) is 4.55. The largest absolute Gasteiger partial charge is 0.366 e. The van der Waals surface area contributed by atoms with E-state index in [0.717, 1.165) is 21.2 Å². The van der Waals surface area contributed by atoms with Gasteiger partial charge in [-0.3, -0.25) is 9.97 Å². The van der Waals surface area contributed by atoms with Crippen LogP contribution < -0.4 is 4.90 Å². The number of fused-ring (bicyclic) bond motifs is 1. The molecule has 5 heteroatoms. The van der Waals surface area contributed by atoms with E-state index in [9.17, 15) is 0 Å². The van der Waals surface area contributed by atoms with Crippen LogP contribution in [0.2, 0.25) is 0 Å². The van der Waals surface area contributed by atoms with Gasteiger partial charge in [-0.25, -0.2) is 0 Å². The number of rotatable bonds is 4. The highest BCUT2D eigenvalue weighted by atomic mass is 79.9. The van der Waals surface area contributed by atoms with Gasteiger partial charge < -0.3 is 4.90 Å². The van der Waals surface area contributed by atoms with Gasteiger partial charge in [0, 0.05) is 29.5 Å². The number of hydrogen-bond donors (Lipinski definition) is 0. The van der Waals surface area contributed by atoms with Crippen LogP contribution >= 0.6 is 15.9 Å². The monoisotopic (exact) mass is 318 g/mol. The minimum atomic E-state index is 0.310. The number of anilines is 1. The number of nitriles is 1. The predicted molar refractivity (Wildman–Crippen MR) is 80.0 cm³/mol. The molecule has 0 aromatic carbocycles. The number of aromatic nitrogens is 2. The van der Waals surface area contributed by atoms with E-state index in [1.165, 1.54) is 0 Å². The summed E-state index contributed by atoms with van der Waals surface area (Å²) in [5.41, 5.74) is 2.76. The molecule has 0 aliphatic carbocycles. The molecule has 19 heavy (non-hydrogen) atoms. The molecule has 2 aromatic heterocycles. The average Bonchev–Trinajstić information content (AvgIpc) is 2.38. The van der Waals surface area contributed by atoms with E-state index in [4.69, 9.17) is 5.26 Å². The van der Waals surface area contributed by atoms with Gasteiger partial charge in [-0.05, 0) is 41.9 Å². The molecule has 0 bridgehead atoms. The molecule has 0 radical (unpaired) electrons. The van der Waals surface area contributed by atoms with Crippen molar-refractivity contribution in [2.45, 2.75) is 26.3 Å². The molecule has 2 rings (SSSR count). The lowest BCUT2D eigenvalue weighted by Gasteiger charge is -2.28. The summed E-state index contributed by atoms with van der Waals surface area (Å²) in [6.07, 6.45) is 4.06. The van der Waals surface area contributed by atoms with Gasteiger partial charge in [-0.2, -0.15) is 5.26 Å². The van der Waals surface area contributed by atoms with Crippen LogP contribution in [-0.2, 0) is 0 Å². The zero-order valence-corrected chi connectivity index (χ0v) is 12.6. The van der Waals surface area contributed by atoms with Gasteiger partial charge in [-0.1, -0.05) is 0 Å². The van der Waals surface area contributed by atoms with Crippen molar-refractivity contribution in [1.29, 1.82) is 5.26 Å². The summed E-state index contributed by atoms with van der Waals surface area (Å²) in [6.45, 7) is 4.93. The highest BCUT2D eigenvalue weighted by molar-refractivity contribution is 9.10. The maximum absolute atomic E-state index is 8.78. The third-order valence-corrected chi connectivity index (χ3v) is 3.35. The first-order valence-electron chi connectivity index (χ1n) is 6.17. The Morgan fingerprint density at radius 1 is 1.42 bits per heavy atom. The molecule has 0 atom stereocenters. The first kappa shape index (κ1) is 13.8. The lowest BCUT2D eigenvalue weighted by molar-refractivity contribution is 0.688. The SMILES string of the molecule is CC(C)N(CCC#N)c1ccnc2cc(Br)cnc12. The molecule has 2 heterocycles. The van der Waals surface area contributed by atoms with Crippen LogP contribution in [0.3, 0.4) is 0 Å². The summed E-state index contributed by atoms with van der Waals surface area (Å²) >= 11 is 3.41. The molecule has 0 aliphatic heterocycles.